The minimum absolute atomic E-state index is 0.360. The third-order valence-electron chi connectivity index (χ3n) is 4.69. The van der Waals surface area contributed by atoms with E-state index in [-0.39, 0.29) is 0 Å². The fourth-order valence-electron chi connectivity index (χ4n) is 3.21. The molecule has 1 fully saturated rings. The van der Waals surface area contributed by atoms with Crippen LogP contribution in [0.3, 0.4) is 0 Å². The van der Waals surface area contributed by atoms with Crippen LogP contribution in [0.4, 0.5) is 0 Å². The van der Waals surface area contributed by atoms with Crippen molar-refractivity contribution in [1.29, 1.82) is 0 Å². The zero-order chi connectivity index (χ0) is 14.0. The fourth-order valence-corrected chi connectivity index (χ4v) is 3.21. The van der Waals surface area contributed by atoms with E-state index in [1.165, 1.54) is 25.0 Å². The van der Waals surface area contributed by atoms with Gasteiger partial charge in [0.15, 0.2) is 0 Å². The number of nitrogens with zero attached hydrogens (tertiary/aromatic N) is 2. The third kappa shape index (κ3) is 3.59. The zero-order valence-electron chi connectivity index (χ0n) is 12.8. The van der Waals surface area contributed by atoms with Gasteiger partial charge in [-0.25, -0.2) is 0 Å². The zero-order valence-corrected chi connectivity index (χ0v) is 12.8. The van der Waals surface area contributed by atoms with E-state index in [2.05, 4.69) is 45.1 Å². The highest BCUT2D eigenvalue weighted by Gasteiger charge is 2.30. The van der Waals surface area contributed by atoms with Gasteiger partial charge in [0.2, 0.25) is 0 Å². The molecule has 3 unspecified atom stereocenters. The van der Waals surface area contributed by atoms with E-state index >= 15 is 0 Å². The molecule has 0 amide bonds. The Bertz CT molecular complexity index is 394. The molecule has 1 aromatic heterocycles. The smallest absolute Gasteiger partial charge is 0.0628 e. The Morgan fingerprint density at radius 1 is 1.32 bits per heavy atom. The summed E-state index contributed by atoms with van der Waals surface area (Å²) in [5.41, 5.74) is 7.53. The number of hydrogen-bond acceptors (Lipinski definition) is 2. The molecule has 2 N–H and O–H groups in total. The first kappa shape index (κ1) is 14.6. The average Bonchev–Trinajstić information content (AvgIpc) is 2.80. The first-order chi connectivity index (χ1) is 8.97. The van der Waals surface area contributed by atoms with Gasteiger partial charge in [-0.2, -0.15) is 5.10 Å². The molecule has 0 spiro atoms. The third-order valence-corrected chi connectivity index (χ3v) is 4.69. The minimum Gasteiger partial charge on any atom is -0.327 e. The van der Waals surface area contributed by atoms with Gasteiger partial charge < -0.3 is 5.73 Å². The van der Waals surface area contributed by atoms with E-state index in [0.717, 1.165) is 18.3 Å². The van der Waals surface area contributed by atoms with Crippen LogP contribution >= 0.6 is 0 Å². The molecule has 3 nitrogen and oxygen atoms in total. The molecule has 19 heavy (non-hydrogen) atoms. The molecular formula is C16H29N3. The molecule has 3 heteroatoms. The molecule has 1 heterocycles. The Kier molecular flexibility index (Phi) is 4.67. The summed E-state index contributed by atoms with van der Waals surface area (Å²) in [7, 11) is 0. The molecule has 2 rings (SSSR count). The number of aromatic nitrogens is 2. The summed E-state index contributed by atoms with van der Waals surface area (Å²) in [5.74, 6) is 2.23. The van der Waals surface area contributed by atoms with E-state index in [9.17, 15) is 0 Å². The topological polar surface area (TPSA) is 43.8 Å². The largest absolute Gasteiger partial charge is 0.327 e. The molecule has 3 atom stereocenters. The van der Waals surface area contributed by atoms with Gasteiger partial charge in [-0.1, -0.05) is 13.8 Å². The Balaban J connectivity index is 1.99. The summed E-state index contributed by atoms with van der Waals surface area (Å²) >= 11 is 0. The highest BCUT2D eigenvalue weighted by molar-refractivity contribution is 5.03. The van der Waals surface area contributed by atoms with Crippen LogP contribution in [0, 0.1) is 17.8 Å². The lowest BCUT2D eigenvalue weighted by Crippen LogP contribution is -2.38. The SMILES string of the molecule is CC(C)C1CCC(N)C(Cc2ccn(C(C)C)n2)C1. The molecule has 0 aliphatic heterocycles. The molecule has 0 saturated heterocycles. The Morgan fingerprint density at radius 3 is 2.63 bits per heavy atom. The second kappa shape index (κ2) is 6.08. The molecule has 1 aliphatic carbocycles. The maximum absolute atomic E-state index is 6.32. The van der Waals surface area contributed by atoms with Gasteiger partial charge in [0, 0.05) is 18.3 Å². The number of hydrogen-bond donors (Lipinski definition) is 1. The van der Waals surface area contributed by atoms with Gasteiger partial charge in [0.1, 0.15) is 0 Å². The Hall–Kier alpha value is -0.830. The van der Waals surface area contributed by atoms with E-state index < -0.39 is 0 Å². The van der Waals surface area contributed by atoms with Crippen LogP contribution in [0.2, 0.25) is 0 Å². The molecular weight excluding hydrogens is 234 g/mol. The summed E-state index contributed by atoms with van der Waals surface area (Å²) in [6, 6.07) is 2.96. The molecule has 0 radical (unpaired) electrons. The van der Waals surface area contributed by atoms with Gasteiger partial charge in [-0.05, 0) is 63.4 Å². The maximum atomic E-state index is 6.32. The van der Waals surface area contributed by atoms with Gasteiger partial charge in [-0.15, -0.1) is 0 Å². The monoisotopic (exact) mass is 263 g/mol. The Morgan fingerprint density at radius 2 is 2.05 bits per heavy atom. The van der Waals surface area contributed by atoms with Crippen molar-refractivity contribution >= 4 is 0 Å². The molecule has 1 aliphatic rings. The molecule has 1 saturated carbocycles. The molecule has 0 bridgehead atoms. The van der Waals surface area contributed by atoms with Crippen molar-refractivity contribution in [2.24, 2.45) is 23.5 Å². The second-order valence-corrected chi connectivity index (χ2v) is 6.83. The van der Waals surface area contributed by atoms with Crippen LogP contribution < -0.4 is 5.73 Å². The van der Waals surface area contributed by atoms with Crippen LogP contribution in [-0.2, 0) is 6.42 Å². The van der Waals surface area contributed by atoms with Crippen LogP contribution in [0.15, 0.2) is 12.3 Å². The van der Waals surface area contributed by atoms with Crippen molar-refractivity contribution in [1.82, 2.24) is 9.78 Å². The average molecular weight is 263 g/mol. The highest BCUT2D eigenvalue weighted by atomic mass is 15.3. The van der Waals surface area contributed by atoms with Crippen molar-refractivity contribution < 1.29 is 0 Å². The van der Waals surface area contributed by atoms with E-state index in [1.807, 2.05) is 4.68 Å². The van der Waals surface area contributed by atoms with Crippen LogP contribution in [0.5, 0.6) is 0 Å². The summed E-state index contributed by atoms with van der Waals surface area (Å²) in [5, 5.41) is 4.67. The first-order valence-electron chi connectivity index (χ1n) is 7.77. The van der Waals surface area contributed by atoms with Crippen LogP contribution in [-0.4, -0.2) is 15.8 Å². The minimum atomic E-state index is 0.360. The van der Waals surface area contributed by atoms with E-state index in [4.69, 9.17) is 5.73 Å². The van der Waals surface area contributed by atoms with Gasteiger partial charge in [-0.3, -0.25) is 4.68 Å². The summed E-state index contributed by atoms with van der Waals surface area (Å²) in [4.78, 5) is 0. The maximum Gasteiger partial charge on any atom is 0.0628 e. The summed E-state index contributed by atoms with van der Waals surface area (Å²) in [6.07, 6.45) is 6.89. The molecule has 108 valence electrons. The predicted octanol–water partition coefficient (Wildman–Crippen LogP) is 3.41. The van der Waals surface area contributed by atoms with Crippen LogP contribution in [0.25, 0.3) is 0 Å². The van der Waals surface area contributed by atoms with E-state index in [0.29, 0.717) is 18.0 Å². The summed E-state index contributed by atoms with van der Waals surface area (Å²) in [6.45, 7) is 9.01. The van der Waals surface area contributed by atoms with Crippen molar-refractivity contribution in [2.45, 2.75) is 65.5 Å². The lowest BCUT2D eigenvalue weighted by Gasteiger charge is -2.35. The van der Waals surface area contributed by atoms with E-state index in [1.54, 1.807) is 0 Å². The fraction of sp³-hybridized carbons (Fsp3) is 0.812. The van der Waals surface area contributed by atoms with Crippen molar-refractivity contribution in [2.75, 3.05) is 0 Å². The first-order valence-corrected chi connectivity index (χ1v) is 7.77. The van der Waals surface area contributed by atoms with Crippen molar-refractivity contribution in [3.05, 3.63) is 18.0 Å². The quantitative estimate of drug-likeness (QED) is 0.904. The number of nitrogens with two attached hydrogens (primary N) is 1. The second-order valence-electron chi connectivity index (χ2n) is 6.83. The van der Waals surface area contributed by atoms with Gasteiger partial charge in [0.05, 0.1) is 5.69 Å². The van der Waals surface area contributed by atoms with Gasteiger partial charge in [0.25, 0.3) is 0 Å². The highest BCUT2D eigenvalue weighted by Crippen LogP contribution is 2.34. The predicted molar refractivity (Wildman–Crippen MR) is 80.0 cm³/mol. The van der Waals surface area contributed by atoms with Crippen LogP contribution in [0.1, 0.15) is 58.7 Å². The van der Waals surface area contributed by atoms with Crippen molar-refractivity contribution in [3.63, 3.8) is 0 Å². The standard InChI is InChI=1S/C16H29N3/c1-11(2)13-5-6-16(17)14(9-13)10-15-7-8-19(18-15)12(3)4/h7-8,11-14,16H,5-6,9-10,17H2,1-4H3. The Labute approximate surface area is 117 Å². The van der Waals surface area contributed by atoms with Gasteiger partial charge >= 0.3 is 0 Å². The summed E-state index contributed by atoms with van der Waals surface area (Å²) < 4.78 is 2.05. The lowest BCUT2D eigenvalue weighted by molar-refractivity contribution is 0.188. The number of rotatable bonds is 4. The molecule has 0 aromatic carbocycles. The molecule has 1 aromatic rings. The normalized spacial score (nSPS) is 28.3. The van der Waals surface area contributed by atoms with Crippen molar-refractivity contribution in [3.8, 4) is 0 Å². The lowest BCUT2D eigenvalue weighted by atomic mass is 9.72.